The average molecular weight is 298 g/mol. The van der Waals surface area contributed by atoms with Crippen LogP contribution in [0.25, 0.3) is 0 Å². The highest BCUT2D eigenvalue weighted by Gasteiger charge is 2.34. The van der Waals surface area contributed by atoms with Gasteiger partial charge in [-0.1, -0.05) is 17.7 Å². The molecule has 3 N–H and O–H groups in total. The van der Waals surface area contributed by atoms with E-state index in [0.29, 0.717) is 18.8 Å². The van der Waals surface area contributed by atoms with Crippen molar-refractivity contribution in [3.63, 3.8) is 0 Å². The summed E-state index contributed by atoms with van der Waals surface area (Å²) in [7, 11) is 1.52. The Bertz CT molecular complexity index is 515. The van der Waals surface area contributed by atoms with E-state index in [1.807, 2.05) is 0 Å². The maximum absolute atomic E-state index is 12.6. The van der Waals surface area contributed by atoms with Crippen molar-refractivity contribution in [1.82, 2.24) is 10.2 Å². The SMILES string of the molecule is CNC(=O)C1COCCN1C(=O)c1c(N)cccc1Cl. The number of nitrogens with zero attached hydrogens (tertiary/aromatic N) is 1. The van der Waals surface area contributed by atoms with Gasteiger partial charge in [0.2, 0.25) is 5.91 Å². The maximum Gasteiger partial charge on any atom is 0.258 e. The Labute approximate surface area is 121 Å². The van der Waals surface area contributed by atoms with Gasteiger partial charge in [-0.15, -0.1) is 0 Å². The van der Waals surface area contributed by atoms with Crippen molar-refractivity contribution in [3.05, 3.63) is 28.8 Å². The number of nitrogens with two attached hydrogens (primary N) is 1. The van der Waals surface area contributed by atoms with Crippen molar-refractivity contribution in [2.24, 2.45) is 0 Å². The Balaban J connectivity index is 2.33. The van der Waals surface area contributed by atoms with E-state index in [4.69, 9.17) is 22.1 Å². The highest BCUT2D eigenvalue weighted by molar-refractivity contribution is 6.34. The highest BCUT2D eigenvalue weighted by atomic mass is 35.5. The second-order valence-corrected chi connectivity index (χ2v) is 4.81. The van der Waals surface area contributed by atoms with E-state index < -0.39 is 6.04 Å². The number of ether oxygens (including phenoxy) is 1. The van der Waals surface area contributed by atoms with Crippen molar-refractivity contribution in [3.8, 4) is 0 Å². The van der Waals surface area contributed by atoms with Crippen LogP contribution in [0.3, 0.4) is 0 Å². The molecule has 6 nitrogen and oxygen atoms in total. The molecule has 0 radical (unpaired) electrons. The van der Waals surface area contributed by atoms with Crippen LogP contribution in [0.15, 0.2) is 18.2 Å². The van der Waals surface area contributed by atoms with E-state index in [2.05, 4.69) is 5.32 Å². The van der Waals surface area contributed by atoms with Crippen LogP contribution in [-0.4, -0.2) is 49.6 Å². The van der Waals surface area contributed by atoms with E-state index in [-0.39, 0.29) is 29.0 Å². The first-order valence-corrected chi connectivity index (χ1v) is 6.58. The largest absolute Gasteiger partial charge is 0.398 e. The average Bonchev–Trinajstić information content (AvgIpc) is 2.46. The van der Waals surface area contributed by atoms with Crippen molar-refractivity contribution in [2.45, 2.75) is 6.04 Å². The molecular weight excluding hydrogens is 282 g/mol. The molecule has 0 spiro atoms. The van der Waals surface area contributed by atoms with Gasteiger partial charge in [0.15, 0.2) is 0 Å². The molecule has 1 saturated heterocycles. The molecule has 20 heavy (non-hydrogen) atoms. The quantitative estimate of drug-likeness (QED) is 0.779. The number of nitrogens with one attached hydrogen (secondary N) is 1. The lowest BCUT2D eigenvalue weighted by Gasteiger charge is -2.34. The minimum Gasteiger partial charge on any atom is -0.398 e. The van der Waals surface area contributed by atoms with Crippen LogP contribution < -0.4 is 11.1 Å². The van der Waals surface area contributed by atoms with Gasteiger partial charge >= 0.3 is 0 Å². The van der Waals surface area contributed by atoms with Gasteiger partial charge in [-0.3, -0.25) is 9.59 Å². The standard InChI is InChI=1S/C13H16ClN3O3/c1-16-12(18)10-7-20-6-5-17(10)13(19)11-8(14)3-2-4-9(11)15/h2-4,10H,5-7,15H2,1H3,(H,16,18). The predicted molar refractivity (Wildman–Crippen MR) is 75.6 cm³/mol. The lowest BCUT2D eigenvalue weighted by atomic mass is 10.1. The third-order valence-corrected chi connectivity index (χ3v) is 3.51. The molecule has 1 aromatic rings. The molecule has 1 atom stereocenters. The van der Waals surface area contributed by atoms with Crippen molar-refractivity contribution >= 4 is 29.1 Å². The van der Waals surface area contributed by atoms with Crippen LogP contribution >= 0.6 is 11.6 Å². The second-order valence-electron chi connectivity index (χ2n) is 4.41. The van der Waals surface area contributed by atoms with E-state index >= 15 is 0 Å². The molecule has 2 amide bonds. The van der Waals surface area contributed by atoms with E-state index in [1.165, 1.54) is 11.9 Å². The fourth-order valence-electron chi connectivity index (χ4n) is 2.14. The lowest BCUT2D eigenvalue weighted by Crippen LogP contribution is -2.55. The zero-order chi connectivity index (χ0) is 14.7. The summed E-state index contributed by atoms with van der Waals surface area (Å²) in [5.41, 5.74) is 6.34. The summed E-state index contributed by atoms with van der Waals surface area (Å²) in [6, 6.07) is 4.20. The van der Waals surface area contributed by atoms with E-state index in [0.717, 1.165) is 0 Å². The Kier molecular flexibility index (Phi) is 4.46. The van der Waals surface area contributed by atoms with Gasteiger partial charge in [0, 0.05) is 19.3 Å². The number of amides is 2. The molecule has 2 rings (SSSR count). The first-order chi connectivity index (χ1) is 9.56. The topological polar surface area (TPSA) is 84.7 Å². The molecule has 0 saturated carbocycles. The number of halogens is 1. The molecule has 1 aliphatic heterocycles. The summed E-state index contributed by atoms with van der Waals surface area (Å²) in [5.74, 6) is -0.631. The molecule has 1 heterocycles. The molecule has 0 aliphatic carbocycles. The molecule has 1 aliphatic rings. The van der Waals surface area contributed by atoms with Gasteiger partial charge in [-0.05, 0) is 12.1 Å². The first-order valence-electron chi connectivity index (χ1n) is 6.20. The lowest BCUT2D eigenvalue weighted by molar-refractivity contribution is -0.130. The van der Waals surface area contributed by atoms with Crippen LogP contribution in [0.4, 0.5) is 5.69 Å². The van der Waals surface area contributed by atoms with E-state index in [9.17, 15) is 9.59 Å². The van der Waals surface area contributed by atoms with Crippen LogP contribution in [-0.2, 0) is 9.53 Å². The number of morpholine rings is 1. The Morgan fingerprint density at radius 3 is 2.90 bits per heavy atom. The Morgan fingerprint density at radius 1 is 1.50 bits per heavy atom. The van der Waals surface area contributed by atoms with Gasteiger partial charge in [0.25, 0.3) is 5.91 Å². The van der Waals surface area contributed by atoms with Gasteiger partial charge in [-0.2, -0.15) is 0 Å². The number of hydrogen-bond acceptors (Lipinski definition) is 4. The van der Waals surface area contributed by atoms with Gasteiger partial charge < -0.3 is 20.7 Å². The Hall–Kier alpha value is -1.79. The summed E-state index contributed by atoms with van der Waals surface area (Å²) in [5, 5.41) is 2.80. The van der Waals surface area contributed by atoms with E-state index in [1.54, 1.807) is 18.2 Å². The number of likely N-dealkylation sites (N-methyl/N-ethyl adjacent to an activating group) is 1. The van der Waals surface area contributed by atoms with Crippen LogP contribution in [0.2, 0.25) is 5.02 Å². The highest BCUT2D eigenvalue weighted by Crippen LogP contribution is 2.25. The van der Waals surface area contributed by atoms with Crippen LogP contribution in [0.1, 0.15) is 10.4 Å². The first kappa shape index (κ1) is 14.6. The number of carbonyl (C=O) groups excluding carboxylic acids is 2. The zero-order valence-electron chi connectivity index (χ0n) is 11.1. The Morgan fingerprint density at radius 2 is 2.25 bits per heavy atom. The summed E-state index contributed by atoms with van der Waals surface area (Å²) in [6.45, 7) is 0.862. The zero-order valence-corrected chi connectivity index (χ0v) is 11.8. The third-order valence-electron chi connectivity index (χ3n) is 3.20. The number of benzene rings is 1. The molecule has 7 heteroatoms. The number of nitrogen functional groups attached to an aromatic ring is 1. The fraction of sp³-hybridized carbons (Fsp3) is 0.385. The van der Waals surface area contributed by atoms with Gasteiger partial charge in [-0.25, -0.2) is 0 Å². The minimum absolute atomic E-state index is 0.162. The summed E-state index contributed by atoms with van der Waals surface area (Å²) < 4.78 is 5.26. The van der Waals surface area contributed by atoms with Crippen molar-refractivity contribution in [2.75, 3.05) is 32.5 Å². The van der Waals surface area contributed by atoms with Gasteiger partial charge in [0.1, 0.15) is 6.04 Å². The normalized spacial score (nSPS) is 18.7. The summed E-state index contributed by atoms with van der Waals surface area (Å²) >= 11 is 6.05. The third kappa shape index (κ3) is 2.71. The minimum atomic E-state index is -0.670. The molecule has 0 bridgehead atoms. The fourth-order valence-corrected chi connectivity index (χ4v) is 2.40. The molecule has 0 aromatic heterocycles. The summed E-state index contributed by atoms with van der Waals surface area (Å²) in [6.07, 6.45) is 0. The number of hydrogen-bond donors (Lipinski definition) is 2. The maximum atomic E-state index is 12.6. The molecular formula is C13H16ClN3O3. The van der Waals surface area contributed by atoms with Crippen LogP contribution in [0.5, 0.6) is 0 Å². The van der Waals surface area contributed by atoms with Gasteiger partial charge in [0.05, 0.1) is 23.8 Å². The summed E-state index contributed by atoms with van der Waals surface area (Å²) in [4.78, 5) is 25.9. The smallest absolute Gasteiger partial charge is 0.258 e. The van der Waals surface area contributed by atoms with Crippen molar-refractivity contribution < 1.29 is 14.3 Å². The molecule has 108 valence electrons. The van der Waals surface area contributed by atoms with Crippen molar-refractivity contribution in [1.29, 1.82) is 0 Å². The second kappa shape index (κ2) is 6.11. The molecule has 1 aromatic carbocycles. The molecule has 1 unspecified atom stereocenters. The van der Waals surface area contributed by atoms with Crippen LogP contribution in [0, 0.1) is 0 Å². The molecule has 1 fully saturated rings. The number of carbonyl (C=O) groups is 2. The predicted octanol–water partition coefficient (Wildman–Crippen LogP) is 0.509. The number of anilines is 1. The monoisotopic (exact) mass is 297 g/mol. The number of rotatable bonds is 2.